The van der Waals surface area contributed by atoms with Crippen LogP contribution in [0.5, 0.6) is 0 Å². The second-order valence-electron chi connectivity index (χ2n) is 5.80. The fourth-order valence-electron chi connectivity index (χ4n) is 2.93. The van der Waals surface area contributed by atoms with Gasteiger partial charge in [-0.05, 0) is 56.7 Å². The van der Waals surface area contributed by atoms with Crippen molar-refractivity contribution in [2.75, 3.05) is 6.61 Å². The Morgan fingerprint density at radius 3 is 2.40 bits per heavy atom. The minimum absolute atomic E-state index is 0.246. The van der Waals surface area contributed by atoms with E-state index >= 15 is 0 Å². The Morgan fingerprint density at radius 2 is 1.76 bits per heavy atom. The number of nitrogens with zero attached hydrogens (tertiary/aromatic N) is 2. The molecule has 0 N–H and O–H groups in total. The summed E-state index contributed by atoms with van der Waals surface area (Å²) in [6.07, 6.45) is 0. The van der Waals surface area contributed by atoms with Gasteiger partial charge in [0.15, 0.2) is 0 Å². The molecule has 25 heavy (non-hydrogen) atoms. The van der Waals surface area contributed by atoms with Crippen LogP contribution in [0.4, 0.5) is 4.39 Å². The molecule has 2 aromatic carbocycles. The summed E-state index contributed by atoms with van der Waals surface area (Å²) in [5, 5.41) is 4.17. The van der Waals surface area contributed by atoms with E-state index in [4.69, 9.17) is 4.84 Å². The van der Waals surface area contributed by atoms with E-state index in [1.54, 1.807) is 12.1 Å². The quantitative estimate of drug-likeness (QED) is 0.455. The number of rotatable bonds is 5. The van der Waals surface area contributed by atoms with Crippen molar-refractivity contribution in [3.8, 4) is 16.9 Å². The molecule has 3 aromatic rings. The third kappa shape index (κ3) is 3.48. The topological polar surface area (TPSA) is 26.5 Å². The van der Waals surface area contributed by atoms with Crippen LogP contribution in [0.2, 0.25) is 0 Å². The average molecular weight is 336 g/mol. The van der Waals surface area contributed by atoms with Crippen LogP contribution >= 0.6 is 0 Å². The Hall–Kier alpha value is -2.88. The summed E-state index contributed by atoms with van der Waals surface area (Å²) in [6, 6.07) is 18.8. The normalized spacial score (nSPS) is 11.6. The lowest BCUT2D eigenvalue weighted by molar-refractivity contribution is 0.159. The van der Waals surface area contributed by atoms with E-state index in [0.717, 1.165) is 33.9 Å². The Morgan fingerprint density at radius 1 is 1.08 bits per heavy atom. The first-order valence-electron chi connectivity index (χ1n) is 8.32. The molecule has 3 nitrogen and oxygen atoms in total. The van der Waals surface area contributed by atoms with E-state index in [9.17, 15) is 4.39 Å². The van der Waals surface area contributed by atoms with Crippen LogP contribution in [0.3, 0.4) is 0 Å². The first-order valence-corrected chi connectivity index (χ1v) is 8.32. The predicted molar refractivity (Wildman–Crippen MR) is 99.7 cm³/mol. The number of hydrogen-bond acceptors (Lipinski definition) is 2. The van der Waals surface area contributed by atoms with Crippen molar-refractivity contribution in [3.05, 3.63) is 77.7 Å². The van der Waals surface area contributed by atoms with E-state index in [1.807, 2.05) is 39.0 Å². The Labute approximate surface area is 147 Å². The number of halogens is 1. The molecular weight excluding hydrogens is 315 g/mol. The Bertz CT molecular complexity index is 880. The van der Waals surface area contributed by atoms with Crippen LogP contribution in [0, 0.1) is 12.7 Å². The monoisotopic (exact) mass is 336 g/mol. The number of benzene rings is 2. The van der Waals surface area contributed by atoms with Crippen LogP contribution < -0.4 is 0 Å². The van der Waals surface area contributed by atoms with Gasteiger partial charge in [-0.25, -0.2) is 4.39 Å². The van der Waals surface area contributed by atoms with Crippen LogP contribution in [-0.4, -0.2) is 16.9 Å². The van der Waals surface area contributed by atoms with Gasteiger partial charge in [0.2, 0.25) is 0 Å². The van der Waals surface area contributed by atoms with Gasteiger partial charge in [-0.1, -0.05) is 35.5 Å². The summed E-state index contributed by atoms with van der Waals surface area (Å²) in [7, 11) is 0. The fourth-order valence-corrected chi connectivity index (χ4v) is 2.93. The molecule has 4 heteroatoms. The molecule has 1 heterocycles. The van der Waals surface area contributed by atoms with E-state index in [0.29, 0.717) is 6.61 Å². The summed E-state index contributed by atoms with van der Waals surface area (Å²) in [6.45, 7) is 6.40. The van der Waals surface area contributed by atoms with Crippen molar-refractivity contribution < 1.29 is 9.23 Å². The molecule has 0 atom stereocenters. The Kier molecular flexibility index (Phi) is 4.98. The first kappa shape index (κ1) is 17.0. The molecule has 0 aliphatic heterocycles. The molecule has 0 saturated carbocycles. The zero-order valence-electron chi connectivity index (χ0n) is 14.7. The minimum atomic E-state index is -0.246. The zero-order chi connectivity index (χ0) is 17.8. The SMILES string of the molecule is CCO/N=C(/C)c1cc(-c2ccccc2)n(-c2ccc(F)cc2)c1C. The maximum Gasteiger partial charge on any atom is 0.123 e. The summed E-state index contributed by atoms with van der Waals surface area (Å²) >= 11 is 0. The van der Waals surface area contributed by atoms with Crippen LogP contribution in [-0.2, 0) is 4.84 Å². The van der Waals surface area contributed by atoms with Gasteiger partial charge in [0.25, 0.3) is 0 Å². The van der Waals surface area contributed by atoms with Gasteiger partial charge in [-0.2, -0.15) is 0 Å². The molecule has 0 saturated heterocycles. The summed E-state index contributed by atoms with van der Waals surface area (Å²) in [4.78, 5) is 5.21. The standard InChI is InChI=1S/C21H21FN2O/c1-4-25-23-15(2)20-14-21(17-8-6-5-7-9-17)24(16(20)3)19-12-10-18(22)11-13-19/h5-14H,4H2,1-3H3/b23-15-. The minimum Gasteiger partial charge on any atom is -0.396 e. The van der Waals surface area contributed by atoms with Crippen molar-refractivity contribution in [1.82, 2.24) is 4.57 Å². The maximum atomic E-state index is 13.4. The molecule has 0 bridgehead atoms. The predicted octanol–water partition coefficient (Wildman–Crippen LogP) is 5.35. The van der Waals surface area contributed by atoms with Crippen LogP contribution in [0.1, 0.15) is 25.1 Å². The number of oxime groups is 1. The lowest BCUT2D eigenvalue weighted by Gasteiger charge is -2.12. The van der Waals surface area contributed by atoms with Gasteiger partial charge in [-0.15, -0.1) is 0 Å². The molecule has 0 aliphatic rings. The summed E-state index contributed by atoms with van der Waals surface area (Å²) in [5.74, 6) is -0.246. The number of aromatic nitrogens is 1. The second-order valence-corrected chi connectivity index (χ2v) is 5.80. The maximum absolute atomic E-state index is 13.4. The van der Waals surface area contributed by atoms with Crippen molar-refractivity contribution in [3.63, 3.8) is 0 Å². The fraction of sp³-hybridized carbons (Fsp3) is 0.190. The van der Waals surface area contributed by atoms with Gasteiger partial charge in [0.1, 0.15) is 12.4 Å². The molecule has 0 amide bonds. The highest BCUT2D eigenvalue weighted by atomic mass is 19.1. The molecule has 0 aliphatic carbocycles. The molecule has 0 spiro atoms. The van der Waals surface area contributed by atoms with Crippen molar-refractivity contribution in [2.45, 2.75) is 20.8 Å². The van der Waals surface area contributed by atoms with E-state index < -0.39 is 0 Å². The molecule has 0 unspecified atom stereocenters. The third-order valence-corrected chi connectivity index (χ3v) is 4.12. The summed E-state index contributed by atoms with van der Waals surface area (Å²) < 4.78 is 15.5. The highest BCUT2D eigenvalue weighted by molar-refractivity contribution is 6.01. The first-order chi connectivity index (χ1) is 12.1. The largest absolute Gasteiger partial charge is 0.396 e. The lowest BCUT2D eigenvalue weighted by atomic mass is 10.1. The van der Waals surface area contributed by atoms with Gasteiger partial charge in [0, 0.05) is 16.9 Å². The van der Waals surface area contributed by atoms with Crippen LogP contribution in [0.25, 0.3) is 16.9 Å². The highest BCUT2D eigenvalue weighted by Gasteiger charge is 2.17. The number of hydrogen-bond donors (Lipinski definition) is 0. The van der Waals surface area contributed by atoms with Gasteiger partial charge >= 0.3 is 0 Å². The average Bonchev–Trinajstić information content (AvgIpc) is 2.98. The molecule has 0 fully saturated rings. The second kappa shape index (κ2) is 7.34. The third-order valence-electron chi connectivity index (χ3n) is 4.12. The molecular formula is C21H21FN2O. The molecule has 3 rings (SSSR count). The van der Waals surface area contributed by atoms with Gasteiger partial charge in [0.05, 0.1) is 11.4 Å². The van der Waals surface area contributed by atoms with E-state index in [2.05, 4.69) is 27.9 Å². The molecule has 1 aromatic heterocycles. The molecule has 0 radical (unpaired) electrons. The zero-order valence-corrected chi connectivity index (χ0v) is 14.7. The van der Waals surface area contributed by atoms with E-state index in [-0.39, 0.29) is 5.82 Å². The summed E-state index contributed by atoms with van der Waals surface area (Å²) in [5.41, 5.74) is 5.89. The van der Waals surface area contributed by atoms with Crippen LogP contribution in [0.15, 0.2) is 65.8 Å². The molecule has 128 valence electrons. The van der Waals surface area contributed by atoms with Gasteiger partial charge < -0.3 is 9.40 Å². The van der Waals surface area contributed by atoms with Crippen molar-refractivity contribution >= 4 is 5.71 Å². The van der Waals surface area contributed by atoms with Gasteiger partial charge in [-0.3, -0.25) is 0 Å². The van der Waals surface area contributed by atoms with Crippen molar-refractivity contribution in [2.24, 2.45) is 5.16 Å². The van der Waals surface area contributed by atoms with Crippen molar-refractivity contribution in [1.29, 1.82) is 0 Å². The van der Waals surface area contributed by atoms with E-state index in [1.165, 1.54) is 12.1 Å². The lowest BCUT2D eigenvalue weighted by Crippen LogP contribution is -2.02. The highest BCUT2D eigenvalue weighted by Crippen LogP contribution is 2.30. The Balaban J connectivity index is 2.20. The smallest absolute Gasteiger partial charge is 0.123 e.